The minimum atomic E-state index is 0.0581. The lowest BCUT2D eigenvalue weighted by Gasteiger charge is -2.30. The van der Waals surface area contributed by atoms with Gasteiger partial charge in [0.25, 0.3) is 0 Å². The van der Waals surface area contributed by atoms with E-state index in [9.17, 15) is 0 Å². The second kappa shape index (κ2) is 5.79. The molecule has 110 valence electrons. The van der Waals surface area contributed by atoms with Crippen molar-refractivity contribution in [1.82, 2.24) is 14.6 Å². The Bertz CT molecular complexity index is 573. The fourth-order valence-electron chi connectivity index (χ4n) is 2.21. The standard InChI is InChI=1S/C15H25N5/c1-5-8-19(11-15(3,4)10-16)14-17-13-7-6-12(2)9-20(13)18-14/h6-7,9H,5,8,10-11,16H2,1-4H3. The average molecular weight is 275 g/mol. The topological polar surface area (TPSA) is 59.5 Å². The van der Waals surface area contributed by atoms with E-state index in [0.717, 1.165) is 31.1 Å². The Balaban J connectivity index is 2.31. The first-order valence-electron chi connectivity index (χ1n) is 7.23. The molecule has 2 N–H and O–H groups in total. The van der Waals surface area contributed by atoms with Crippen LogP contribution in [0.1, 0.15) is 32.8 Å². The van der Waals surface area contributed by atoms with Gasteiger partial charge in [-0.1, -0.05) is 26.8 Å². The van der Waals surface area contributed by atoms with E-state index in [-0.39, 0.29) is 5.41 Å². The first-order chi connectivity index (χ1) is 9.45. The average Bonchev–Trinajstić information content (AvgIpc) is 2.81. The molecule has 0 unspecified atom stereocenters. The first kappa shape index (κ1) is 14.8. The molecule has 2 aromatic heterocycles. The summed E-state index contributed by atoms with van der Waals surface area (Å²) in [5.74, 6) is 0.791. The maximum absolute atomic E-state index is 5.85. The van der Waals surface area contributed by atoms with Crippen LogP contribution in [0, 0.1) is 12.3 Å². The fraction of sp³-hybridized carbons (Fsp3) is 0.600. The Morgan fingerprint density at radius 2 is 2.10 bits per heavy atom. The number of rotatable bonds is 6. The van der Waals surface area contributed by atoms with Crippen molar-refractivity contribution in [2.75, 3.05) is 24.5 Å². The van der Waals surface area contributed by atoms with Gasteiger partial charge in [-0.3, -0.25) is 0 Å². The number of nitrogens with two attached hydrogens (primary N) is 1. The molecule has 0 aliphatic carbocycles. The summed E-state index contributed by atoms with van der Waals surface area (Å²) >= 11 is 0. The molecule has 5 nitrogen and oxygen atoms in total. The lowest BCUT2D eigenvalue weighted by atomic mass is 9.93. The zero-order valence-electron chi connectivity index (χ0n) is 12.9. The van der Waals surface area contributed by atoms with Crippen molar-refractivity contribution in [3.05, 3.63) is 23.9 Å². The largest absolute Gasteiger partial charge is 0.339 e. The van der Waals surface area contributed by atoms with Gasteiger partial charge in [-0.15, -0.1) is 5.10 Å². The van der Waals surface area contributed by atoms with Crippen LogP contribution in [0.15, 0.2) is 18.3 Å². The predicted octanol–water partition coefficient (Wildman–Crippen LogP) is 2.24. The highest BCUT2D eigenvalue weighted by atomic mass is 15.4. The number of nitrogens with zero attached hydrogens (tertiary/aromatic N) is 4. The van der Waals surface area contributed by atoms with Crippen molar-refractivity contribution < 1.29 is 0 Å². The molecular weight excluding hydrogens is 250 g/mol. The zero-order valence-corrected chi connectivity index (χ0v) is 12.9. The lowest BCUT2D eigenvalue weighted by Crippen LogP contribution is -2.39. The van der Waals surface area contributed by atoms with E-state index >= 15 is 0 Å². The molecule has 0 aliphatic rings. The molecule has 0 atom stereocenters. The van der Waals surface area contributed by atoms with Crippen LogP contribution in [0.4, 0.5) is 5.95 Å². The van der Waals surface area contributed by atoms with Crippen LogP contribution in [0.5, 0.6) is 0 Å². The fourth-order valence-corrected chi connectivity index (χ4v) is 2.21. The third kappa shape index (κ3) is 3.28. The second-order valence-corrected chi connectivity index (χ2v) is 6.21. The van der Waals surface area contributed by atoms with Gasteiger partial charge in [0, 0.05) is 19.3 Å². The Labute approximate surface area is 120 Å². The lowest BCUT2D eigenvalue weighted by molar-refractivity contribution is 0.375. The summed E-state index contributed by atoms with van der Waals surface area (Å²) in [6.07, 6.45) is 3.07. The van der Waals surface area contributed by atoms with E-state index in [1.54, 1.807) is 0 Å². The molecule has 0 aliphatic heterocycles. The number of aryl methyl sites for hydroxylation is 1. The number of anilines is 1. The summed E-state index contributed by atoms with van der Waals surface area (Å²) < 4.78 is 1.85. The summed E-state index contributed by atoms with van der Waals surface area (Å²) in [5, 5.41) is 4.60. The van der Waals surface area contributed by atoms with Crippen LogP contribution < -0.4 is 10.6 Å². The van der Waals surface area contributed by atoms with Crippen LogP contribution in [0.25, 0.3) is 5.65 Å². The zero-order chi connectivity index (χ0) is 14.8. The maximum Gasteiger partial charge on any atom is 0.245 e. The molecule has 20 heavy (non-hydrogen) atoms. The van der Waals surface area contributed by atoms with Crippen molar-refractivity contribution in [2.45, 2.75) is 34.1 Å². The predicted molar refractivity (Wildman–Crippen MR) is 83.1 cm³/mol. The van der Waals surface area contributed by atoms with Gasteiger partial charge in [0.15, 0.2) is 5.65 Å². The number of hydrogen-bond acceptors (Lipinski definition) is 4. The molecule has 5 heteroatoms. The van der Waals surface area contributed by atoms with E-state index in [4.69, 9.17) is 5.73 Å². The van der Waals surface area contributed by atoms with Gasteiger partial charge >= 0.3 is 0 Å². The number of fused-ring (bicyclic) bond motifs is 1. The maximum atomic E-state index is 5.85. The van der Waals surface area contributed by atoms with E-state index in [1.165, 1.54) is 5.56 Å². The van der Waals surface area contributed by atoms with E-state index < -0.39 is 0 Å². The van der Waals surface area contributed by atoms with Crippen LogP contribution in [-0.4, -0.2) is 34.2 Å². The quantitative estimate of drug-likeness (QED) is 0.878. The third-order valence-electron chi connectivity index (χ3n) is 3.42. The SMILES string of the molecule is CCCN(CC(C)(C)CN)c1nc2ccc(C)cn2n1. The Morgan fingerprint density at radius 1 is 1.35 bits per heavy atom. The molecule has 0 bridgehead atoms. The molecule has 0 radical (unpaired) electrons. The van der Waals surface area contributed by atoms with Gasteiger partial charge in [0.1, 0.15) is 0 Å². The third-order valence-corrected chi connectivity index (χ3v) is 3.42. The van der Waals surface area contributed by atoms with Crippen molar-refractivity contribution in [3.8, 4) is 0 Å². The van der Waals surface area contributed by atoms with E-state index in [2.05, 4.69) is 48.7 Å². The van der Waals surface area contributed by atoms with Gasteiger partial charge in [-0.2, -0.15) is 4.98 Å². The highest BCUT2D eigenvalue weighted by molar-refractivity contribution is 5.45. The Kier molecular flexibility index (Phi) is 4.28. The molecule has 0 saturated carbocycles. The molecule has 2 heterocycles. The van der Waals surface area contributed by atoms with E-state index in [0.29, 0.717) is 6.54 Å². The van der Waals surface area contributed by atoms with Crippen LogP contribution in [0.3, 0.4) is 0 Å². The molecule has 0 amide bonds. The number of aromatic nitrogens is 3. The van der Waals surface area contributed by atoms with Gasteiger partial charge in [0.2, 0.25) is 5.95 Å². The molecule has 2 rings (SSSR count). The minimum Gasteiger partial charge on any atom is -0.339 e. The normalized spacial score (nSPS) is 12.1. The Hall–Kier alpha value is -1.62. The summed E-state index contributed by atoms with van der Waals surface area (Å²) in [7, 11) is 0. The first-order valence-corrected chi connectivity index (χ1v) is 7.23. The van der Waals surface area contributed by atoms with Crippen LogP contribution in [0.2, 0.25) is 0 Å². The molecule has 0 aromatic carbocycles. The molecule has 2 aromatic rings. The van der Waals surface area contributed by atoms with Crippen LogP contribution in [-0.2, 0) is 0 Å². The molecule has 0 saturated heterocycles. The van der Waals surface area contributed by atoms with Crippen molar-refractivity contribution >= 4 is 11.6 Å². The van der Waals surface area contributed by atoms with E-state index in [1.807, 2.05) is 16.8 Å². The highest BCUT2D eigenvalue weighted by Crippen LogP contribution is 2.20. The second-order valence-electron chi connectivity index (χ2n) is 6.21. The van der Waals surface area contributed by atoms with Crippen LogP contribution >= 0.6 is 0 Å². The molecule has 0 fully saturated rings. The van der Waals surface area contributed by atoms with Crippen molar-refractivity contribution in [3.63, 3.8) is 0 Å². The summed E-state index contributed by atoms with van der Waals surface area (Å²) in [6.45, 7) is 11.0. The van der Waals surface area contributed by atoms with Crippen molar-refractivity contribution in [2.24, 2.45) is 11.1 Å². The minimum absolute atomic E-state index is 0.0581. The smallest absolute Gasteiger partial charge is 0.245 e. The van der Waals surface area contributed by atoms with Gasteiger partial charge in [-0.25, -0.2) is 4.52 Å². The Morgan fingerprint density at radius 3 is 2.75 bits per heavy atom. The number of hydrogen-bond donors (Lipinski definition) is 1. The number of pyridine rings is 1. The van der Waals surface area contributed by atoms with Gasteiger partial charge in [-0.05, 0) is 36.9 Å². The summed E-state index contributed by atoms with van der Waals surface area (Å²) in [5.41, 5.74) is 7.97. The molecule has 0 spiro atoms. The highest BCUT2D eigenvalue weighted by Gasteiger charge is 2.22. The van der Waals surface area contributed by atoms with Crippen molar-refractivity contribution in [1.29, 1.82) is 0 Å². The molecular formula is C15H25N5. The summed E-state index contributed by atoms with van der Waals surface area (Å²) in [6, 6.07) is 4.06. The van der Waals surface area contributed by atoms with Gasteiger partial charge in [0.05, 0.1) is 0 Å². The van der Waals surface area contributed by atoms with Gasteiger partial charge < -0.3 is 10.6 Å². The summed E-state index contributed by atoms with van der Waals surface area (Å²) in [4.78, 5) is 6.86. The monoisotopic (exact) mass is 275 g/mol.